The van der Waals surface area contributed by atoms with E-state index in [1.165, 1.54) is 19.3 Å². The third-order valence-electron chi connectivity index (χ3n) is 2.62. The summed E-state index contributed by atoms with van der Waals surface area (Å²) >= 11 is 0. The summed E-state index contributed by atoms with van der Waals surface area (Å²) in [6.07, 6.45) is 4.08. The highest BCUT2D eigenvalue weighted by molar-refractivity contribution is 5.19. The van der Waals surface area contributed by atoms with Crippen LogP contribution in [-0.4, -0.2) is 0 Å². The molecule has 0 aromatic rings. The van der Waals surface area contributed by atoms with E-state index in [9.17, 15) is 0 Å². The van der Waals surface area contributed by atoms with Gasteiger partial charge >= 0.3 is 0 Å². The Bertz CT molecular complexity index is 61.0. The van der Waals surface area contributed by atoms with Crippen molar-refractivity contribution in [2.45, 2.75) is 40.0 Å². The van der Waals surface area contributed by atoms with Gasteiger partial charge in [0.2, 0.25) is 0 Å². The number of hydrogen-bond donors (Lipinski definition) is 0. The van der Waals surface area contributed by atoms with Crippen LogP contribution in [0.2, 0.25) is 0 Å². The van der Waals surface area contributed by atoms with Gasteiger partial charge in [0.25, 0.3) is 0 Å². The van der Waals surface area contributed by atoms with Crippen LogP contribution in [0.4, 0.5) is 0 Å². The van der Waals surface area contributed by atoms with E-state index in [1.807, 2.05) is 5.92 Å². The van der Waals surface area contributed by atoms with E-state index >= 15 is 0 Å². The van der Waals surface area contributed by atoms with E-state index in [1.54, 1.807) is 0 Å². The second-order valence-electron chi connectivity index (χ2n) is 2.96. The van der Waals surface area contributed by atoms with Crippen molar-refractivity contribution in [1.29, 1.82) is 0 Å². The molecular formula is C9H17+. The highest BCUT2D eigenvalue weighted by atomic mass is 14.5. The molecule has 0 spiro atoms. The maximum atomic E-state index is 2.30. The smallest absolute Gasteiger partial charge is 0.0608 e. The highest BCUT2D eigenvalue weighted by Gasteiger charge is 2.59. The molecule has 0 N–H and O–H groups in total. The van der Waals surface area contributed by atoms with Crippen molar-refractivity contribution in [1.82, 2.24) is 0 Å². The molecule has 0 heteroatoms. The Balaban J connectivity index is 2.26. The Kier molecular flexibility index (Phi) is 2.05. The van der Waals surface area contributed by atoms with Crippen molar-refractivity contribution in [3.05, 3.63) is 5.92 Å². The lowest BCUT2D eigenvalue weighted by atomic mass is 10.2. The van der Waals surface area contributed by atoms with E-state index in [0.29, 0.717) is 0 Å². The van der Waals surface area contributed by atoms with Crippen molar-refractivity contribution in [2.24, 2.45) is 11.8 Å². The van der Waals surface area contributed by atoms with Gasteiger partial charge in [0.1, 0.15) is 17.8 Å². The Morgan fingerprint density at radius 2 is 1.44 bits per heavy atom. The van der Waals surface area contributed by atoms with Crippen LogP contribution in [-0.2, 0) is 0 Å². The van der Waals surface area contributed by atoms with Gasteiger partial charge in [-0.05, 0) is 19.8 Å². The van der Waals surface area contributed by atoms with Crippen LogP contribution in [0.1, 0.15) is 40.0 Å². The van der Waals surface area contributed by atoms with E-state index in [0.717, 1.165) is 11.8 Å². The molecule has 0 bridgehead atoms. The van der Waals surface area contributed by atoms with Gasteiger partial charge in [0.05, 0.1) is 6.42 Å². The van der Waals surface area contributed by atoms with Crippen LogP contribution in [0.5, 0.6) is 0 Å². The van der Waals surface area contributed by atoms with Crippen molar-refractivity contribution in [2.75, 3.05) is 0 Å². The lowest BCUT2D eigenvalue weighted by molar-refractivity contribution is 0.663. The molecule has 9 heavy (non-hydrogen) atoms. The Hall–Kier alpha value is -0.130. The minimum atomic E-state index is 1.01. The molecule has 1 saturated carbocycles. The van der Waals surface area contributed by atoms with Crippen LogP contribution in [0.25, 0.3) is 0 Å². The van der Waals surface area contributed by atoms with Gasteiger partial charge in [-0.2, -0.15) is 0 Å². The summed E-state index contributed by atoms with van der Waals surface area (Å²) in [5.41, 5.74) is 0. The minimum Gasteiger partial charge on any atom is -0.0608 e. The third-order valence-corrected chi connectivity index (χ3v) is 2.62. The van der Waals surface area contributed by atoms with Crippen LogP contribution < -0.4 is 0 Å². The Labute approximate surface area is 58.7 Å². The highest BCUT2D eigenvalue weighted by Crippen LogP contribution is 2.54. The van der Waals surface area contributed by atoms with Gasteiger partial charge in [0, 0.05) is 0 Å². The predicted molar refractivity (Wildman–Crippen MR) is 41.1 cm³/mol. The molecule has 2 atom stereocenters. The lowest BCUT2D eigenvalue weighted by Crippen LogP contribution is -1.74. The van der Waals surface area contributed by atoms with Crippen LogP contribution in [0, 0.1) is 17.8 Å². The predicted octanol–water partition coefficient (Wildman–Crippen LogP) is 3.04. The third kappa shape index (κ3) is 1.08. The molecule has 0 aliphatic heterocycles. The molecule has 2 unspecified atom stereocenters. The van der Waals surface area contributed by atoms with Gasteiger partial charge in [0.15, 0.2) is 0 Å². The van der Waals surface area contributed by atoms with Gasteiger partial charge in [-0.3, -0.25) is 0 Å². The van der Waals surface area contributed by atoms with E-state index in [4.69, 9.17) is 0 Å². The molecule has 0 radical (unpaired) electrons. The first-order chi connectivity index (χ1) is 4.35. The van der Waals surface area contributed by atoms with Gasteiger partial charge in [-0.25, -0.2) is 0 Å². The summed E-state index contributed by atoms with van der Waals surface area (Å²) in [4.78, 5) is 0. The summed E-state index contributed by atoms with van der Waals surface area (Å²) in [6, 6.07) is 0. The molecule has 0 amide bonds. The molecule has 1 rings (SSSR count). The zero-order valence-electron chi connectivity index (χ0n) is 6.78. The molecule has 0 saturated heterocycles. The van der Waals surface area contributed by atoms with Gasteiger partial charge < -0.3 is 0 Å². The molecule has 1 fully saturated rings. The first-order valence-electron chi connectivity index (χ1n) is 4.20. The molecule has 0 heterocycles. The van der Waals surface area contributed by atoms with E-state index in [-0.39, 0.29) is 0 Å². The summed E-state index contributed by atoms with van der Waals surface area (Å²) < 4.78 is 0. The zero-order valence-corrected chi connectivity index (χ0v) is 6.78. The summed E-state index contributed by atoms with van der Waals surface area (Å²) in [7, 11) is 0. The normalized spacial score (nSPS) is 33.0. The van der Waals surface area contributed by atoms with Gasteiger partial charge in [-0.15, -0.1) is 0 Å². The average molecular weight is 125 g/mol. The maximum absolute atomic E-state index is 2.30. The zero-order chi connectivity index (χ0) is 6.85. The van der Waals surface area contributed by atoms with E-state index < -0.39 is 0 Å². The van der Waals surface area contributed by atoms with Crippen LogP contribution in [0.3, 0.4) is 0 Å². The van der Waals surface area contributed by atoms with E-state index in [2.05, 4.69) is 20.8 Å². The molecule has 1 aliphatic carbocycles. The van der Waals surface area contributed by atoms with Gasteiger partial charge in [-0.1, -0.05) is 13.8 Å². The topological polar surface area (TPSA) is 0 Å². The lowest BCUT2D eigenvalue weighted by Gasteiger charge is -1.74. The largest absolute Gasteiger partial charge is 0.143 e. The SMILES string of the molecule is CC[C+]1C(CC)C1CC. The monoisotopic (exact) mass is 125 g/mol. The standard InChI is InChI=1S/C9H17/c1-4-7-8(5-2)9(7)6-3/h7-8H,4-6H2,1-3H3/q+1. The number of hydrogen-bond acceptors (Lipinski definition) is 0. The quantitative estimate of drug-likeness (QED) is 0.508. The molecule has 0 aromatic carbocycles. The fraction of sp³-hybridized carbons (Fsp3) is 0.889. The molecule has 1 aliphatic rings. The summed E-state index contributed by atoms with van der Waals surface area (Å²) in [5.74, 6) is 3.86. The second-order valence-corrected chi connectivity index (χ2v) is 2.96. The fourth-order valence-corrected chi connectivity index (χ4v) is 2.06. The molecule has 52 valence electrons. The minimum absolute atomic E-state index is 1.01. The fourth-order valence-electron chi connectivity index (χ4n) is 2.06. The summed E-state index contributed by atoms with van der Waals surface area (Å²) in [5, 5.41) is 0. The van der Waals surface area contributed by atoms with Crippen molar-refractivity contribution < 1.29 is 0 Å². The Morgan fingerprint density at radius 1 is 1.00 bits per heavy atom. The molecule has 0 nitrogen and oxygen atoms in total. The molecule has 0 aromatic heterocycles. The number of rotatable bonds is 3. The first-order valence-corrected chi connectivity index (χ1v) is 4.20. The van der Waals surface area contributed by atoms with Crippen molar-refractivity contribution >= 4 is 0 Å². The van der Waals surface area contributed by atoms with Crippen LogP contribution in [0.15, 0.2) is 0 Å². The van der Waals surface area contributed by atoms with Crippen molar-refractivity contribution in [3.8, 4) is 0 Å². The van der Waals surface area contributed by atoms with Crippen LogP contribution >= 0.6 is 0 Å². The Morgan fingerprint density at radius 3 is 1.56 bits per heavy atom. The first kappa shape index (κ1) is 6.98. The maximum Gasteiger partial charge on any atom is 0.143 e. The van der Waals surface area contributed by atoms with Crippen molar-refractivity contribution in [3.63, 3.8) is 0 Å². The molecular weight excluding hydrogens is 108 g/mol. The summed E-state index contributed by atoms with van der Waals surface area (Å²) in [6.45, 7) is 6.89. The average Bonchev–Trinajstić information content (AvgIpc) is 2.59. The second kappa shape index (κ2) is 2.64.